The molecule has 2 amide bonds. The number of carbonyl (C=O) groups is 1. The van der Waals surface area contributed by atoms with Gasteiger partial charge in [0.25, 0.3) is 0 Å². The molecule has 1 saturated heterocycles. The van der Waals surface area contributed by atoms with Crippen LogP contribution in [0, 0.1) is 5.41 Å². The molecule has 1 aliphatic heterocycles. The second-order valence-electron chi connectivity index (χ2n) is 8.76. The number of benzene rings is 2. The minimum atomic E-state index is -3.18. The van der Waals surface area contributed by atoms with E-state index in [-0.39, 0.29) is 12.1 Å². The van der Waals surface area contributed by atoms with Crippen LogP contribution in [0.1, 0.15) is 23.6 Å². The molecule has 0 bridgehead atoms. The van der Waals surface area contributed by atoms with E-state index in [4.69, 9.17) is 14.9 Å². The first-order chi connectivity index (χ1) is 17.1. The highest BCUT2D eigenvalue weighted by molar-refractivity contribution is 7.88. The van der Waals surface area contributed by atoms with Crippen LogP contribution >= 0.6 is 0 Å². The van der Waals surface area contributed by atoms with Crippen molar-refractivity contribution in [2.75, 3.05) is 58.6 Å². The Bertz CT molecular complexity index is 1190. The van der Waals surface area contributed by atoms with Crippen LogP contribution in [-0.4, -0.2) is 84.2 Å². The number of sulfonamides is 1. The summed E-state index contributed by atoms with van der Waals surface area (Å²) in [5, 5.41) is 14.4. The maximum Gasteiger partial charge on any atom is 0.314 e. The van der Waals surface area contributed by atoms with Gasteiger partial charge < -0.3 is 25.0 Å². The number of piperazine rings is 1. The van der Waals surface area contributed by atoms with Crippen molar-refractivity contribution in [1.29, 1.82) is 5.41 Å². The summed E-state index contributed by atoms with van der Waals surface area (Å²) in [6, 6.07) is 10.9. The van der Waals surface area contributed by atoms with Gasteiger partial charge in [0.1, 0.15) is 0 Å². The Morgan fingerprint density at radius 1 is 1.06 bits per heavy atom. The van der Waals surface area contributed by atoms with Crippen LogP contribution in [0.2, 0.25) is 0 Å². The molecule has 1 atom stereocenters. The van der Waals surface area contributed by atoms with E-state index in [1.807, 2.05) is 37.3 Å². The quantitative estimate of drug-likeness (QED) is 0.438. The number of anilines is 1. The number of hydrogen-bond acceptors (Lipinski definition) is 7. The Morgan fingerprint density at radius 2 is 1.64 bits per heavy atom. The van der Waals surface area contributed by atoms with Crippen LogP contribution in [0.15, 0.2) is 36.4 Å². The minimum absolute atomic E-state index is 0.178. The van der Waals surface area contributed by atoms with E-state index in [0.29, 0.717) is 55.4 Å². The van der Waals surface area contributed by atoms with Crippen LogP contribution < -0.4 is 25.0 Å². The van der Waals surface area contributed by atoms with Crippen molar-refractivity contribution in [2.45, 2.75) is 19.4 Å². The fourth-order valence-corrected chi connectivity index (χ4v) is 5.10. The van der Waals surface area contributed by atoms with Crippen LogP contribution in [-0.2, 0) is 16.4 Å². The maximum atomic E-state index is 11.8. The van der Waals surface area contributed by atoms with Gasteiger partial charge in [0.05, 0.1) is 26.2 Å². The molecule has 2 aromatic rings. The van der Waals surface area contributed by atoms with Crippen molar-refractivity contribution in [3.8, 4) is 11.5 Å². The number of nitrogens with one attached hydrogen (secondary N) is 3. The molecule has 2 aromatic carbocycles. The number of ether oxygens (including phenoxy) is 2. The van der Waals surface area contributed by atoms with E-state index in [1.165, 1.54) is 10.6 Å². The Labute approximate surface area is 213 Å². The normalized spacial score (nSPS) is 15.2. The molecule has 11 heteroatoms. The van der Waals surface area contributed by atoms with E-state index in [9.17, 15) is 13.2 Å². The second kappa shape index (κ2) is 11.6. The molecule has 3 rings (SSSR count). The monoisotopic (exact) mass is 517 g/mol. The zero-order valence-corrected chi connectivity index (χ0v) is 22.2. The van der Waals surface area contributed by atoms with Crippen LogP contribution in [0.5, 0.6) is 11.5 Å². The van der Waals surface area contributed by atoms with Gasteiger partial charge in [-0.2, -0.15) is 4.31 Å². The summed E-state index contributed by atoms with van der Waals surface area (Å²) >= 11 is 0. The topological polar surface area (TPSA) is 124 Å². The Hall–Kier alpha value is -3.31. The summed E-state index contributed by atoms with van der Waals surface area (Å²) in [5.74, 6) is 1.08. The van der Waals surface area contributed by atoms with Gasteiger partial charge in [0.2, 0.25) is 10.0 Å². The third-order valence-corrected chi connectivity index (χ3v) is 7.54. The Balaban J connectivity index is 1.83. The van der Waals surface area contributed by atoms with Crippen molar-refractivity contribution in [3.05, 3.63) is 53.1 Å². The zero-order valence-electron chi connectivity index (χ0n) is 21.4. The molecule has 1 fully saturated rings. The molecule has 196 valence electrons. The number of urea groups is 1. The fourth-order valence-electron chi connectivity index (χ4n) is 4.27. The summed E-state index contributed by atoms with van der Waals surface area (Å²) in [5.41, 5.74) is 3.58. The average molecular weight is 518 g/mol. The highest BCUT2D eigenvalue weighted by atomic mass is 32.2. The van der Waals surface area contributed by atoms with Gasteiger partial charge in [0.15, 0.2) is 11.5 Å². The molecule has 0 aliphatic carbocycles. The highest BCUT2D eigenvalue weighted by Crippen LogP contribution is 2.32. The number of nitrogens with zero attached hydrogens (tertiary/aromatic N) is 2. The molecule has 1 aliphatic rings. The molecule has 0 radical (unpaired) electrons. The third kappa shape index (κ3) is 6.46. The van der Waals surface area contributed by atoms with Gasteiger partial charge in [-0.1, -0.05) is 12.1 Å². The first-order valence-corrected chi connectivity index (χ1v) is 13.5. The number of amides is 2. The molecule has 0 spiro atoms. The van der Waals surface area contributed by atoms with Crippen LogP contribution in [0.3, 0.4) is 0 Å². The van der Waals surface area contributed by atoms with Crippen molar-refractivity contribution >= 4 is 27.5 Å². The van der Waals surface area contributed by atoms with Gasteiger partial charge in [-0.15, -0.1) is 0 Å². The van der Waals surface area contributed by atoms with Crippen molar-refractivity contribution in [1.82, 2.24) is 14.9 Å². The molecule has 36 heavy (non-hydrogen) atoms. The van der Waals surface area contributed by atoms with Crippen LogP contribution in [0.25, 0.3) is 0 Å². The van der Waals surface area contributed by atoms with Gasteiger partial charge in [-0.05, 0) is 43.2 Å². The summed E-state index contributed by atoms with van der Waals surface area (Å²) in [4.78, 5) is 13.9. The van der Waals surface area contributed by atoms with E-state index in [2.05, 4.69) is 15.5 Å². The number of hydrogen-bond donors (Lipinski definition) is 3. The molecule has 0 aromatic heterocycles. The van der Waals surface area contributed by atoms with Gasteiger partial charge >= 0.3 is 6.03 Å². The predicted molar refractivity (Wildman–Crippen MR) is 141 cm³/mol. The lowest BCUT2D eigenvalue weighted by Gasteiger charge is -2.34. The summed E-state index contributed by atoms with van der Waals surface area (Å²) < 4.78 is 36.0. The van der Waals surface area contributed by atoms with Crippen molar-refractivity contribution < 1.29 is 22.7 Å². The third-order valence-electron chi connectivity index (χ3n) is 6.24. The van der Waals surface area contributed by atoms with E-state index >= 15 is 0 Å². The zero-order chi connectivity index (χ0) is 26.5. The largest absolute Gasteiger partial charge is 0.493 e. The van der Waals surface area contributed by atoms with Gasteiger partial charge in [-0.3, -0.25) is 5.41 Å². The molecular formula is C25H35N5O5S. The lowest BCUT2D eigenvalue weighted by atomic mass is 9.93. The number of methoxy groups -OCH3 is 2. The highest BCUT2D eigenvalue weighted by Gasteiger charge is 2.24. The first kappa shape index (κ1) is 27.3. The predicted octanol–water partition coefficient (Wildman–Crippen LogP) is 2.06. The molecule has 1 heterocycles. The molecular weight excluding hydrogens is 482 g/mol. The van der Waals surface area contributed by atoms with Gasteiger partial charge in [-0.25, -0.2) is 13.2 Å². The maximum absolute atomic E-state index is 11.8. The standard InChI is InChI=1S/C25H35N5O5S/c1-17(28-25(31)27-2)14-19-15-22(34-3)23(35-4)16-21(19)24(26)18-6-8-20(9-7-18)29-10-12-30(13-11-29)36(5,32)33/h6-9,15-17,26H,10-14H2,1-5H3,(H2,27,28,31). The Kier molecular flexibility index (Phi) is 8.80. The van der Waals surface area contributed by atoms with Crippen molar-refractivity contribution in [3.63, 3.8) is 0 Å². The average Bonchev–Trinajstić information content (AvgIpc) is 2.87. The van der Waals surface area contributed by atoms with Crippen LogP contribution in [0.4, 0.5) is 10.5 Å². The molecule has 0 saturated carbocycles. The summed E-state index contributed by atoms with van der Waals surface area (Å²) in [7, 11) is 1.50. The minimum Gasteiger partial charge on any atom is -0.493 e. The molecule has 10 nitrogen and oxygen atoms in total. The molecule has 3 N–H and O–H groups in total. The summed E-state index contributed by atoms with van der Waals surface area (Å²) in [6.07, 6.45) is 1.73. The van der Waals surface area contributed by atoms with Crippen molar-refractivity contribution in [2.24, 2.45) is 0 Å². The summed E-state index contributed by atoms with van der Waals surface area (Å²) in [6.45, 7) is 4.03. The number of rotatable bonds is 9. The first-order valence-electron chi connectivity index (χ1n) is 11.7. The lowest BCUT2D eigenvalue weighted by molar-refractivity contribution is 0.240. The van der Waals surface area contributed by atoms with E-state index in [0.717, 1.165) is 16.8 Å². The van der Waals surface area contributed by atoms with E-state index in [1.54, 1.807) is 27.3 Å². The second-order valence-corrected chi connectivity index (χ2v) is 10.7. The molecule has 1 unspecified atom stereocenters. The fraction of sp³-hybridized carbons (Fsp3) is 0.440. The van der Waals surface area contributed by atoms with E-state index < -0.39 is 10.0 Å². The SMILES string of the molecule is CNC(=O)NC(C)Cc1cc(OC)c(OC)cc1C(=N)c1ccc(N2CCN(S(C)(=O)=O)CC2)cc1. The smallest absolute Gasteiger partial charge is 0.314 e. The van der Waals surface area contributed by atoms with Gasteiger partial charge in [0, 0.05) is 56.1 Å². The number of carbonyl (C=O) groups excluding carboxylic acids is 1. The Morgan fingerprint density at radius 3 is 2.17 bits per heavy atom. The lowest BCUT2D eigenvalue weighted by Crippen LogP contribution is -2.48.